The molecule has 1 rings (SSSR count). The number of carbonyl (C=O) groups is 1. The fraction of sp³-hybridized carbons (Fsp3) is 0.182. The van der Waals surface area contributed by atoms with Gasteiger partial charge in [-0.1, -0.05) is 0 Å². The Labute approximate surface area is 98.2 Å². The zero-order chi connectivity index (χ0) is 12.7. The van der Waals surface area contributed by atoms with Gasteiger partial charge in [0.2, 0.25) is 5.88 Å². The van der Waals surface area contributed by atoms with Crippen molar-refractivity contribution in [1.29, 1.82) is 5.26 Å². The summed E-state index contributed by atoms with van der Waals surface area (Å²) in [4.78, 5) is 14.5. The first-order valence-corrected chi connectivity index (χ1v) is 4.86. The summed E-state index contributed by atoms with van der Waals surface area (Å²) >= 11 is 0. The smallest absolute Gasteiger partial charge is 0.347 e. The molecule has 0 unspecified atom stereocenters. The number of aromatic nitrogens is 1. The van der Waals surface area contributed by atoms with Crippen LogP contribution in [0.4, 0.5) is 5.69 Å². The molecule has 0 fully saturated rings. The van der Waals surface area contributed by atoms with Gasteiger partial charge >= 0.3 is 5.97 Å². The van der Waals surface area contributed by atoms with E-state index in [0.29, 0.717) is 18.2 Å². The van der Waals surface area contributed by atoms with E-state index in [-0.39, 0.29) is 5.57 Å². The van der Waals surface area contributed by atoms with E-state index < -0.39 is 5.97 Å². The molecule has 0 atom stereocenters. The first kappa shape index (κ1) is 12.5. The molecule has 0 saturated heterocycles. The van der Waals surface area contributed by atoms with Crippen LogP contribution in [0.3, 0.4) is 0 Å². The van der Waals surface area contributed by atoms with Crippen molar-refractivity contribution in [3.05, 3.63) is 30.1 Å². The van der Waals surface area contributed by atoms with Gasteiger partial charge in [-0.15, -0.1) is 0 Å². The number of pyridine rings is 1. The van der Waals surface area contributed by atoms with Crippen molar-refractivity contribution in [3.8, 4) is 11.9 Å². The molecule has 6 nitrogen and oxygen atoms in total. The van der Waals surface area contributed by atoms with Crippen LogP contribution >= 0.6 is 0 Å². The molecular weight excluding hydrogens is 222 g/mol. The van der Waals surface area contributed by atoms with Gasteiger partial charge in [-0.2, -0.15) is 5.26 Å². The molecule has 17 heavy (non-hydrogen) atoms. The summed E-state index contributed by atoms with van der Waals surface area (Å²) in [5.74, 6) is -0.792. The Bertz CT molecular complexity index is 460. The van der Waals surface area contributed by atoms with Gasteiger partial charge in [-0.25, -0.2) is 9.78 Å². The Morgan fingerprint density at radius 2 is 2.47 bits per heavy atom. The third-order valence-electron chi connectivity index (χ3n) is 1.76. The summed E-state index contributed by atoms with van der Waals surface area (Å²) in [7, 11) is 0. The highest BCUT2D eigenvalue weighted by Gasteiger charge is 2.04. The SMILES string of the molecule is CCOc1ccc(N/C=C(/C#N)C(=O)O)cn1. The van der Waals surface area contributed by atoms with E-state index in [4.69, 9.17) is 15.1 Å². The fourth-order valence-electron chi connectivity index (χ4n) is 0.996. The standard InChI is InChI=1S/C11H11N3O3/c1-2-17-10-4-3-9(7-14-10)13-6-8(5-12)11(15)16/h3-4,6-7,13H,2H2,1H3,(H,15,16)/b8-6-. The van der Waals surface area contributed by atoms with Gasteiger partial charge in [-0.3, -0.25) is 0 Å². The topological polar surface area (TPSA) is 95.2 Å². The Morgan fingerprint density at radius 3 is 2.94 bits per heavy atom. The molecule has 0 aliphatic rings. The third kappa shape index (κ3) is 3.83. The summed E-state index contributed by atoms with van der Waals surface area (Å²) in [6.07, 6.45) is 2.60. The first-order valence-electron chi connectivity index (χ1n) is 4.86. The highest BCUT2D eigenvalue weighted by Crippen LogP contribution is 2.11. The zero-order valence-electron chi connectivity index (χ0n) is 9.17. The summed E-state index contributed by atoms with van der Waals surface area (Å²) in [5, 5.41) is 19.8. The number of anilines is 1. The van der Waals surface area contributed by atoms with E-state index >= 15 is 0 Å². The largest absolute Gasteiger partial charge is 0.478 e. The molecule has 0 aromatic carbocycles. The van der Waals surface area contributed by atoms with Crippen molar-refractivity contribution in [2.45, 2.75) is 6.92 Å². The minimum atomic E-state index is -1.28. The lowest BCUT2D eigenvalue weighted by Gasteiger charge is -2.03. The van der Waals surface area contributed by atoms with Gasteiger partial charge < -0.3 is 15.2 Å². The number of ether oxygens (including phenoxy) is 1. The van der Waals surface area contributed by atoms with Crippen LogP contribution in [0.15, 0.2) is 30.1 Å². The molecule has 1 aromatic heterocycles. The Hall–Kier alpha value is -2.55. The molecule has 2 N–H and O–H groups in total. The van der Waals surface area contributed by atoms with E-state index in [0.717, 1.165) is 6.20 Å². The van der Waals surface area contributed by atoms with Gasteiger partial charge in [0.25, 0.3) is 0 Å². The quantitative estimate of drug-likeness (QED) is 0.589. The van der Waals surface area contributed by atoms with Gasteiger partial charge in [0.1, 0.15) is 6.07 Å². The highest BCUT2D eigenvalue weighted by molar-refractivity contribution is 5.91. The first-order chi connectivity index (χ1) is 8.17. The second-order valence-corrected chi connectivity index (χ2v) is 2.94. The second kappa shape index (κ2) is 6.12. The van der Waals surface area contributed by atoms with Gasteiger partial charge in [0, 0.05) is 12.3 Å². The molecule has 1 aromatic rings. The summed E-state index contributed by atoms with van der Waals surface area (Å²) in [6.45, 7) is 2.37. The number of carboxylic acid groups (broad SMARTS) is 1. The van der Waals surface area contributed by atoms with Crippen LogP contribution < -0.4 is 10.1 Å². The lowest BCUT2D eigenvalue weighted by Crippen LogP contribution is -2.01. The number of carboxylic acids is 1. The molecule has 6 heteroatoms. The Balaban J connectivity index is 2.70. The predicted molar refractivity (Wildman–Crippen MR) is 60.4 cm³/mol. The average molecular weight is 233 g/mol. The van der Waals surface area contributed by atoms with Crippen molar-refractivity contribution < 1.29 is 14.6 Å². The van der Waals surface area contributed by atoms with E-state index in [1.807, 2.05) is 6.92 Å². The molecule has 0 radical (unpaired) electrons. The maximum absolute atomic E-state index is 10.5. The molecule has 0 bridgehead atoms. The number of nitrogens with one attached hydrogen (secondary N) is 1. The lowest BCUT2D eigenvalue weighted by molar-refractivity contribution is -0.132. The molecule has 0 saturated carbocycles. The van der Waals surface area contributed by atoms with Crippen molar-refractivity contribution >= 4 is 11.7 Å². The Morgan fingerprint density at radius 1 is 1.71 bits per heavy atom. The molecule has 88 valence electrons. The summed E-state index contributed by atoms with van der Waals surface area (Å²) < 4.78 is 5.15. The maximum Gasteiger partial charge on any atom is 0.347 e. The molecule has 0 aliphatic heterocycles. The molecule has 1 heterocycles. The molecule has 0 spiro atoms. The van der Waals surface area contributed by atoms with Crippen LogP contribution in [-0.4, -0.2) is 22.7 Å². The van der Waals surface area contributed by atoms with E-state index in [2.05, 4.69) is 10.3 Å². The summed E-state index contributed by atoms with van der Waals surface area (Å²) in [5.41, 5.74) is 0.196. The number of aliphatic carboxylic acids is 1. The number of nitrogens with zero attached hydrogens (tertiary/aromatic N) is 2. The van der Waals surface area contributed by atoms with Gasteiger partial charge in [0.05, 0.1) is 18.5 Å². The van der Waals surface area contributed by atoms with Crippen LogP contribution in [0.2, 0.25) is 0 Å². The molecular formula is C11H11N3O3. The van der Waals surface area contributed by atoms with Crippen molar-refractivity contribution in [3.63, 3.8) is 0 Å². The van der Waals surface area contributed by atoms with Crippen molar-refractivity contribution in [1.82, 2.24) is 4.98 Å². The van der Waals surface area contributed by atoms with E-state index in [1.54, 1.807) is 18.2 Å². The van der Waals surface area contributed by atoms with Gasteiger partial charge in [0.15, 0.2) is 5.57 Å². The second-order valence-electron chi connectivity index (χ2n) is 2.94. The van der Waals surface area contributed by atoms with E-state index in [1.165, 1.54) is 6.20 Å². The lowest BCUT2D eigenvalue weighted by atomic mass is 10.3. The van der Waals surface area contributed by atoms with Crippen LogP contribution in [0.5, 0.6) is 5.88 Å². The van der Waals surface area contributed by atoms with Crippen LogP contribution in [0.1, 0.15) is 6.92 Å². The van der Waals surface area contributed by atoms with Crippen LogP contribution in [0.25, 0.3) is 0 Å². The number of rotatable bonds is 5. The number of hydrogen-bond acceptors (Lipinski definition) is 5. The average Bonchev–Trinajstić information content (AvgIpc) is 2.32. The number of hydrogen-bond donors (Lipinski definition) is 2. The van der Waals surface area contributed by atoms with Crippen LogP contribution in [0, 0.1) is 11.3 Å². The normalized spacial score (nSPS) is 10.5. The van der Waals surface area contributed by atoms with Crippen LogP contribution in [-0.2, 0) is 4.79 Å². The minimum absolute atomic E-state index is 0.376. The number of nitriles is 1. The highest BCUT2D eigenvalue weighted by atomic mass is 16.5. The monoisotopic (exact) mass is 233 g/mol. The zero-order valence-corrected chi connectivity index (χ0v) is 9.17. The van der Waals surface area contributed by atoms with Crippen molar-refractivity contribution in [2.75, 3.05) is 11.9 Å². The Kier molecular flexibility index (Phi) is 4.51. The fourth-order valence-corrected chi connectivity index (χ4v) is 0.996. The summed E-state index contributed by atoms with van der Waals surface area (Å²) in [6, 6.07) is 4.87. The maximum atomic E-state index is 10.5. The van der Waals surface area contributed by atoms with Gasteiger partial charge in [-0.05, 0) is 13.0 Å². The minimum Gasteiger partial charge on any atom is -0.478 e. The third-order valence-corrected chi connectivity index (χ3v) is 1.76. The van der Waals surface area contributed by atoms with Crippen molar-refractivity contribution in [2.24, 2.45) is 0 Å². The van der Waals surface area contributed by atoms with E-state index in [9.17, 15) is 4.79 Å². The molecule has 0 amide bonds. The predicted octanol–water partition coefficient (Wildman–Crippen LogP) is 1.38. The molecule has 0 aliphatic carbocycles.